The number of carbonyl (C=O) groups excluding carboxylic acids is 2. The molecule has 5 heteroatoms. The van der Waals surface area contributed by atoms with Crippen molar-refractivity contribution in [1.82, 2.24) is 5.32 Å². The van der Waals surface area contributed by atoms with Crippen LogP contribution in [0, 0.1) is 5.82 Å². The fourth-order valence-electron chi connectivity index (χ4n) is 1.16. The van der Waals surface area contributed by atoms with Gasteiger partial charge in [0.15, 0.2) is 0 Å². The highest BCUT2D eigenvalue weighted by Crippen LogP contribution is 2.06. The average molecular weight is 225 g/mol. The van der Waals surface area contributed by atoms with Gasteiger partial charge in [0.05, 0.1) is 12.7 Å². The van der Waals surface area contributed by atoms with Crippen LogP contribution in [-0.2, 0) is 9.53 Å². The second kappa shape index (κ2) is 5.25. The summed E-state index contributed by atoms with van der Waals surface area (Å²) in [4.78, 5) is 22.6. The molecule has 1 N–H and O–H groups in total. The molecule has 1 aromatic rings. The van der Waals surface area contributed by atoms with E-state index in [0.29, 0.717) is 0 Å². The van der Waals surface area contributed by atoms with Crippen molar-refractivity contribution in [3.05, 3.63) is 35.6 Å². The summed E-state index contributed by atoms with van der Waals surface area (Å²) in [6, 6.07) is 4.74. The van der Waals surface area contributed by atoms with Crippen molar-refractivity contribution in [1.29, 1.82) is 0 Å². The Morgan fingerprint density at radius 1 is 1.38 bits per heavy atom. The smallest absolute Gasteiger partial charge is 0.328 e. The van der Waals surface area contributed by atoms with Gasteiger partial charge in [0.1, 0.15) is 11.9 Å². The van der Waals surface area contributed by atoms with Gasteiger partial charge in [0.25, 0.3) is 5.91 Å². The van der Waals surface area contributed by atoms with E-state index in [-0.39, 0.29) is 5.56 Å². The summed E-state index contributed by atoms with van der Waals surface area (Å²) in [6.07, 6.45) is 0. The second-order valence-corrected chi connectivity index (χ2v) is 3.20. The van der Waals surface area contributed by atoms with Gasteiger partial charge >= 0.3 is 5.97 Å². The number of methoxy groups -OCH3 is 1. The molecule has 0 aliphatic carbocycles. The van der Waals surface area contributed by atoms with Crippen LogP contribution in [0.1, 0.15) is 17.3 Å². The van der Waals surface area contributed by atoms with Gasteiger partial charge in [-0.2, -0.15) is 0 Å². The normalized spacial score (nSPS) is 11.7. The van der Waals surface area contributed by atoms with Crippen LogP contribution in [0.15, 0.2) is 24.3 Å². The van der Waals surface area contributed by atoms with Crippen molar-refractivity contribution in [3.8, 4) is 0 Å². The highest BCUT2D eigenvalue weighted by atomic mass is 19.1. The molecule has 0 radical (unpaired) electrons. The monoisotopic (exact) mass is 225 g/mol. The van der Waals surface area contributed by atoms with Gasteiger partial charge in [-0.05, 0) is 19.1 Å². The molecule has 86 valence electrons. The molecule has 1 rings (SSSR count). The van der Waals surface area contributed by atoms with E-state index in [1.165, 1.54) is 32.2 Å². The largest absolute Gasteiger partial charge is 0.467 e. The number of rotatable bonds is 3. The number of benzene rings is 1. The van der Waals surface area contributed by atoms with Crippen LogP contribution >= 0.6 is 0 Å². The Kier molecular flexibility index (Phi) is 3.99. The second-order valence-electron chi connectivity index (χ2n) is 3.20. The summed E-state index contributed by atoms with van der Waals surface area (Å²) in [7, 11) is 1.22. The highest BCUT2D eigenvalue weighted by Gasteiger charge is 2.18. The van der Waals surface area contributed by atoms with Gasteiger partial charge in [0, 0.05) is 0 Å². The third-order valence-corrected chi connectivity index (χ3v) is 2.02. The summed E-state index contributed by atoms with van der Waals surface area (Å²) in [6.45, 7) is 1.46. The summed E-state index contributed by atoms with van der Waals surface area (Å²) < 4.78 is 17.6. The lowest BCUT2D eigenvalue weighted by atomic mass is 10.2. The zero-order chi connectivity index (χ0) is 12.1. The fraction of sp³-hybridized carbons (Fsp3) is 0.273. The maximum absolute atomic E-state index is 13.2. The van der Waals surface area contributed by atoms with E-state index in [9.17, 15) is 14.0 Å². The quantitative estimate of drug-likeness (QED) is 0.784. The fourth-order valence-corrected chi connectivity index (χ4v) is 1.16. The van der Waals surface area contributed by atoms with E-state index in [0.717, 1.165) is 0 Å². The van der Waals surface area contributed by atoms with Crippen LogP contribution in [0.2, 0.25) is 0 Å². The van der Waals surface area contributed by atoms with Crippen LogP contribution < -0.4 is 5.32 Å². The van der Waals surface area contributed by atoms with Crippen molar-refractivity contribution in [2.45, 2.75) is 13.0 Å². The topological polar surface area (TPSA) is 55.4 Å². The molecule has 0 spiro atoms. The van der Waals surface area contributed by atoms with Crippen molar-refractivity contribution in [2.24, 2.45) is 0 Å². The minimum Gasteiger partial charge on any atom is -0.467 e. The zero-order valence-corrected chi connectivity index (χ0v) is 8.99. The molecule has 0 saturated heterocycles. The molecular weight excluding hydrogens is 213 g/mol. The highest BCUT2D eigenvalue weighted by molar-refractivity contribution is 5.96. The van der Waals surface area contributed by atoms with Crippen molar-refractivity contribution < 1.29 is 18.7 Å². The number of carbonyl (C=O) groups is 2. The number of nitrogens with one attached hydrogen (secondary N) is 1. The predicted molar refractivity (Wildman–Crippen MR) is 55.3 cm³/mol. The lowest BCUT2D eigenvalue weighted by molar-refractivity contribution is -0.142. The minimum atomic E-state index is -0.808. The Hall–Kier alpha value is -1.91. The lowest BCUT2D eigenvalue weighted by Crippen LogP contribution is -2.39. The minimum absolute atomic E-state index is 0.0988. The van der Waals surface area contributed by atoms with Crippen LogP contribution in [-0.4, -0.2) is 25.0 Å². The lowest BCUT2D eigenvalue weighted by Gasteiger charge is -2.11. The van der Waals surface area contributed by atoms with Crippen molar-refractivity contribution in [3.63, 3.8) is 0 Å². The molecule has 0 saturated carbocycles. The molecule has 16 heavy (non-hydrogen) atoms. The van der Waals surface area contributed by atoms with Gasteiger partial charge in [0.2, 0.25) is 0 Å². The van der Waals surface area contributed by atoms with Gasteiger partial charge in [-0.15, -0.1) is 0 Å². The molecule has 0 fully saturated rings. The summed E-state index contributed by atoms with van der Waals surface area (Å²) in [5.41, 5.74) is -0.0988. The SMILES string of the molecule is COC(=O)[C@H](C)NC(=O)c1ccccc1F. The molecule has 0 aromatic heterocycles. The van der Waals surface area contributed by atoms with Crippen molar-refractivity contribution in [2.75, 3.05) is 7.11 Å². The maximum atomic E-state index is 13.2. The third kappa shape index (κ3) is 2.79. The first-order valence-corrected chi connectivity index (χ1v) is 4.69. The number of halogens is 1. The van der Waals surface area contributed by atoms with Gasteiger partial charge in [-0.25, -0.2) is 9.18 Å². The van der Waals surface area contributed by atoms with Crippen LogP contribution in [0.3, 0.4) is 0 Å². The van der Waals surface area contributed by atoms with Gasteiger partial charge in [-0.1, -0.05) is 12.1 Å². The Balaban J connectivity index is 2.73. The first kappa shape index (κ1) is 12.2. The maximum Gasteiger partial charge on any atom is 0.328 e. The van der Waals surface area contributed by atoms with Gasteiger partial charge < -0.3 is 10.1 Å². The third-order valence-electron chi connectivity index (χ3n) is 2.02. The van der Waals surface area contributed by atoms with Gasteiger partial charge in [-0.3, -0.25) is 4.79 Å². The number of ether oxygens (including phenoxy) is 1. The van der Waals surface area contributed by atoms with Crippen molar-refractivity contribution >= 4 is 11.9 Å². The predicted octanol–water partition coefficient (Wildman–Crippen LogP) is 1.12. The molecule has 1 atom stereocenters. The molecule has 4 nitrogen and oxygen atoms in total. The van der Waals surface area contributed by atoms with E-state index < -0.39 is 23.7 Å². The van der Waals surface area contributed by atoms with E-state index in [1.807, 2.05) is 0 Å². The molecule has 0 aliphatic heterocycles. The molecule has 0 heterocycles. The molecule has 1 aromatic carbocycles. The number of hydrogen-bond acceptors (Lipinski definition) is 3. The van der Waals surface area contributed by atoms with E-state index >= 15 is 0 Å². The Morgan fingerprint density at radius 2 is 2.00 bits per heavy atom. The summed E-state index contributed by atoms with van der Waals surface area (Å²) >= 11 is 0. The molecule has 1 amide bonds. The Morgan fingerprint density at radius 3 is 2.56 bits per heavy atom. The van der Waals surface area contributed by atoms with E-state index in [2.05, 4.69) is 10.1 Å². The zero-order valence-electron chi connectivity index (χ0n) is 8.99. The molecule has 0 bridgehead atoms. The van der Waals surface area contributed by atoms with Crippen LogP contribution in [0.5, 0.6) is 0 Å². The Labute approximate surface area is 92.4 Å². The van der Waals surface area contributed by atoms with E-state index in [4.69, 9.17) is 0 Å². The number of amides is 1. The molecular formula is C11H12FNO3. The number of esters is 1. The first-order chi connectivity index (χ1) is 7.56. The molecule has 0 aliphatic rings. The summed E-state index contributed by atoms with van der Waals surface area (Å²) in [5, 5.41) is 2.33. The number of hydrogen-bond donors (Lipinski definition) is 1. The standard InChI is InChI=1S/C11H12FNO3/c1-7(11(15)16-2)13-10(14)8-5-3-4-6-9(8)12/h3-7H,1-2H3,(H,13,14)/t7-/m0/s1. The van der Waals surface area contributed by atoms with Crippen LogP contribution in [0.25, 0.3) is 0 Å². The Bertz CT molecular complexity index is 406. The average Bonchev–Trinajstić information content (AvgIpc) is 2.28. The van der Waals surface area contributed by atoms with Crippen LogP contribution in [0.4, 0.5) is 4.39 Å². The summed E-state index contributed by atoms with van der Waals surface area (Å²) in [5.74, 6) is -1.85. The first-order valence-electron chi connectivity index (χ1n) is 4.69. The molecule has 0 unspecified atom stereocenters. The van der Waals surface area contributed by atoms with E-state index in [1.54, 1.807) is 6.07 Å².